The fourth-order valence-corrected chi connectivity index (χ4v) is 5.46. The lowest BCUT2D eigenvalue weighted by Crippen LogP contribution is -2.70. The van der Waals surface area contributed by atoms with Crippen LogP contribution < -0.4 is 9.64 Å². The van der Waals surface area contributed by atoms with Gasteiger partial charge in [-0.05, 0) is 39.3 Å². The van der Waals surface area contributed by atoms with Crippen LogP contribution in [0.5, 0.6) is 11.6 Å². The van der Waals surface area contributed by atoms with Gasteiger partial charge < -0.3 is 18.8 Å². The predicted octanol–water partition coefficient (Wildman–Crippen LogP) is 6.36. The Morgan fingerprint density at radius 3 is 2.51 bits per heavy atom. The lowest BCUT2D eigenvalue weighted by atomic mass is 9.88. The van der Waals surface area contributed by atoms with Crippen LogP contribution in [-0.2, 0) is 10.9 Å². The number of hydrogen-bond donors (Lipinski definition) is 0. The van der Waals surface area contributed by atoms with Crippen molar-refractivity contribution in [2.24, 2.45) is 0 Å². The number of piperidine rings is 1. The van der Waals surface area contributed by atoms with Crippen molar-refractivity contribution >= 4 is 34.5 Å². The maximum atomic E-state index is 12.9. The highest BCUT2D eigenvalue weighted by atomic mass is 32.1. The lowest BCUT2D eigenvalue weighted by Gasteiger charge is -2.55. The second kappa shape index (κ2) is 9.11. The first-order valence-corrected chi connectivity index (χ1v) is 13.1. The third-order valence-corrected chi connectivity index (χ3v) is 7.28. The molecule has 204 valence electrons. The molecule has 39 heavy (non-hydrogen) atoms. The number of rotatable bonds is 4. The van der Waals surface area contributed by atoms with Gasteiger partial charge in [0.1, 0.15) is 21.9 Å². The van der Waals surface area contributed by atoms with E-state index in [-0.39, 0.29) is 24.1 Å². The van der Waals surface area contributed by atoms with E-state index in [0.29, 0.717) is 46.5 Å². The molecule has 6 heterocycles. The standard InChI is InChI=1S/C26H24F3N5O4S/c1-25(2,3)38-24(35)34-15-8-16(34)13-33(12-15)23-32-19-10-17(9-18(21(19)37-23)22-30-6-7-39-22)36-20-5-4-14(11-31-20)26(27,28)29/h4-7,9-11,15-16H,8,12-13H2,1-3H3. The Balaban J connectivity index is 1.27. The summed E-state index contributed by atoms with van der Waals surface area (Å²) in [5.41, 5.74) is 0.224. The highest BCUT2D eigenvalue weighted by molar-refractivity contribution is 7.13. The van der Waals surface area contributed by atoms with E-state index >= 15 is 0 Å². The van der Waals surface area contributed by atoms with Gasteiger partial charge in [-0.25, -0.2) is 14.8 Å². The summed E-state index contributed by atoms with van der Waals surface area (Å²) in [4.78, 5) is 29.3. The average molecular weight is 560 g/mol. The Bertz CT molecular complexity index is 1500. The minimum Gasteiger partial charge on any atom is -0.444 e. The number of ether oxygens (including phenoxy) is 2. The van der Waals surface area contributed by atoms with Gasteiger partial charge >= 0.3 is 12.3 Å². The fourth-order valence-electron chi connectivity index (χ4n) is 4.81. The van der Waals surface area contributed by atoms with Crippen molar-refractivity contribution in [2.45, 2.75) is 51.1 Å². The maximum Gasteiger partial charge on any atom is 0.417 e. The number of halogens is 3. The number of hydrogen-bond acceptors (Lipinski definition) is 9. The van der Waals surface area contributed by atoms with E-state index < -0.39 is 17.3 Å². The van der Waals surface area contributed by atoms with E-state index in [2.05, 4.69) is 9.97 Å². The maximum absolute atomic E-state index is 12.9. The second-order valence-corrected chi connectivity index (χ2v) is 11.4. The minimum atomic E-state index is -4.49. The number of pyridine rings is 1. The molecular weight excluding hydrogens is 535 g/mol. The molecule has 9 nitrogen and oxygen atoms in total. The molecule has 1 aromatic carbocycles. The van der Waals surface area contributed by atoms with Crippen LogP contribution in [0.15, 0.2) is 46.5 Å². The van der Waals surface area contributed by atoms with Gasteiger partial charge in [-0.1, -0.05) is 0 Å². The number of alkyl halides is 3. The number of piperazine rings is 1. The van der Waals surface area contributed by atoms with E-state index in [1.165, 1.54) is 17.4 Å². The lowest BCUT2D eigenvalue weighted by molar-refractivity contribution is -0.137. The van der Waals surface area contributed by atoms with Crippen LogP contribution in [0.2, 0.25) is 0 Å². The Hall–Kier alpha value is -3.87. The van der Waals surface area contributed by atoms with E-state index in [0.717, 1.165) is 18.7 Å². The number of nitrogens with zero attached hydrogens (tertiary/aromatic N) is 5. The smallest absolute Gasteiger partial charge is 0.417 e. The molecule has 13 heteroatoms. The zero-order chi connectivity index (χ0) is 27.5. The summed E-state index contributed by atoms with van der Waals surface area (Å²) in [6.07, 6.45) is -1.52. The molecule has 0 N–H and O–H groups in total. The van der Waals surface area contributed by atoms with Gasteiger partial charge in [0.15, 0.2) is 5.58 Å². The van der Waals surface area contributed by atoms with Crippen molar-refractivity contribution in [3.63, 3.8) is 0 Å². The van der Waals surface area contributed by atoms with Crippen LogP contribution in [-0.4, -0.2) is 56.7 Å². The van der Waals surface area contributed by atoms with Crippen LogP contribution in [0.3, 0.4) is 0 Å². The predicted molar refractivity (Wildman–Crippen MR) is 137 cm³/mol. The SMILES string of the molecule is CC(C)(C)OC(=O)N1C2CC1CN(c1nc3cc(Oc4ccc(C(F)(F)F)cn4)cc(-c4nccs4)c3o1)C2. The monoisotopic (exact) mass is 559 g/mol. The van der Waals surface area contributed by atoms with Crippen molar-refractivity contribution in [2.75, 3.05) is 18.0 Å². The van der Waals surface area contributed by atoms with Gasteiger partial charge in [-0.3, -0.25) is 4.90 Å². The highest BCUT2D eigenvalue weighted by Gasteiger charge is 2.49. The molecule has 2 bridgehead atoms. The van der Waals surface area contributed by atoms with E-state index in [4.69, 9.17) is 18.9 Å². The third kappa shape index (κ3) is 4.98. The summed E-state index contributed by atoms with van der Waals surface area (Å²) in [5.74, 6) is 0.340. The number of benzene rings is 1. The molecule has 0 radical (unpaired) electrons. The van der Waals surface area contributed by atoms with Crippen LogP contribution in [0.4, 0.5) is 24.0 Å². The molecule has 0 saturated carbocycles. The average Bonchev–Trinajstić information content (AvgIpc) is 3.53. The molecule has 7 rings (SSSR count). The van der Waals surface area contributed by atoms with Crippen molar-refractivity contribution in [1.29, 1.82) is 0 Å². The molecule has 3 fully saturated rings. The number of carbonyl (C=O) groups is 1. The van der Waals surface area contributed by atoms with Crippen molar-refractivity contribution in [1.82, 2.24) is 19.9 Å². The van der Waals surface area contributed by atoms with Gasteiger partial charge in [0.05, 0.1) is 23.2 Å². The summed E-state index contributed by atoms with van der Waals surface area (Å²) < 4.78 is 56.3. The van der Waals surface area contributed by atoms with Crippen molar-refractivity contribution in [3.8, 4) is 22.2 Å². The normalized spacial score (nSPS) is 19.2. The summed E-state index contributed by atoms with van der Waals surface area (Å²) in [6.45, 7) is 6.63. The van der Waals surface area contributed by atoms with Crippen LogP contribution in [0.25, 0.3) is 21.7 Å². The van der Waals surface area contributed by atoms with Gasteiger partial charge in [-0.2, -0.15) is 18.2 Å². The first kappa shape index (κ1) is 25.4. The van der Waals surface area contributed by atoms with Gasteiger partial charge in [-0.15, -0.1) is 11.3 Å². The molecular formula is C26H24F3N5O4S. The molecule has 4 aromatic rings. The first-order chi connectivity index (χ1) is 18.4. The highest BCUT2D eigenvalue weighted by Crippen LogP contribution is 2.40. The molecule has 3 aliphatic heterocycles. The summed E-state index contributed by atoms with van der Waals surface area (Å²) >= 11 is 1.40. The van der Waals surface area contributed by atoms with Gasteiger partial charge in [0.2, 0.25) is 5.88 Å². The van der Waals surface area contributed by atoms with E-state index in [9.17, 15) is 18.0 Å². The number of fused-ring (bicyclic) bond motifs is 3. The van der Waals surface area contributed by atoms with Crippen LogP contribution >= 0.6 is 11.3 Å². The molecule has 1 amide bonds. The van der Waals surface area contributed by atoms with Crippen LogP contribution in [0.1, 0.15) is 32.8 Å². The number of anilines is 1. The number of oxazole rings is 1. The van der Waals surface area contributed by atoms with Gasteiger partial charge in [0, 0.05) is 43.0 Å². The fraction of sp³-hybridized carbons (Fsp3) is 0.385. The largest absolute Gasteiger partial charge is 0.444 e. The molecule has 3 saturated heterocycles. The topological polar surface area (TPSA) is 93.8 Å². The number of carbonyl (C=O) groups excluding carboxylic acids is 1. The Morgan fingerprint density at radius 1 is 1.13 bits per heavy atom. The quantitative estimate of drug-likeness (QED) is 0.285. The molecule has 3 aromatic heterocycles. The third-order valence-electron chi connectivity index (χ3n) is 6.47. The van der Waals surface area contributed by atoms with Gasteiger partial charge in [0.25, 0.3) is 6.01 Å². The zero-order valence-corrected chi connectivity index (χ0v) is 22.0. The Morgan fingerprint density at radius 2 is 1.90 bits per heavy atom. The van der Waals surface area contributed by atoms with E-state index in [1.807, 2.05) is 31.1 Å². The summed E-state index contributed by atoms with van der Waals surface area (Å²) in [6, 6.07) is 5.84. The molecule has 0 spiro atoms. The minimum absolute atomic E-state index is 0.00307. The first-order valence-electron chi connectivity index (χ1n) is 12.3. The molecule has 2 atom stereocenters. The summed E-state index contributed by atoms with van der Waals surface area (Å²) in [5, 5.41) is 2.50. The number of amides is 1. The van der Waals surface area contributed by atoms with Crippen molar-refractivity contribution < 1.29 is 31.9 Å². The number of aromatic nitrogens is 3. The Kier molecular flexibility index (Phi) is 5.93. The Labute approximate surface area is 225 Å². The molecule has 2 unspecified atom stereocenters. The molecule has 3 aliphatic rings. The van der Waals surface area contributed by atoms with E-state index in [1.54, 1.807) is 23.2 Å². The molecule has 0 aliphatic carbocycles. The van der Waals surface area contributed by atoms with Crippen LogP contribution in [0, 0.1) is 0 Å². The number of thiazole rings is 1. The zero-order valence-electron chi connectivity index (χ0n) is 21.2. The van der Waals surface area contributed by atoms with Crippen molar-refractivity contribution in [3.05, 3.63) is 47.6 Å². The summed E-state index contributed by atoms with van der Waals surface area (Å²) in [7, 11) is 0. The second-order valence-electron chi connectivity index (χ2n) is 10.5.